The first-order valence-corrected chi connectivity index (χ1v) is 8.09. The van der Waals surface area contributed by atoms with Gasteiger partial charge in [0.1, 0.15) is 0 Å². The van der Waals surface area contributed by atoms with E-state index >= 15 is 0 Å². The predicted octanol–water partition coefficient (Wildman–Crippen LogP) is 5.54. The van der Waals surface area contributed by atoms with E-state index in [1.54, 1.807) is 0 Å². The van der Waals surface area contributed by atoms with E-state index in [4.69, 9.17) is 11.6 Å². The van der Waals surface area contributed by atoms with Gasteiger partial charge in [-0.05, 0) is 71.5 Å². The van der Waals surface area contributed by atoms with E-state index < -0.39 is 0 Å². The molecule has 0 N–H and O–H groups in total. The maximum Gasteiger partial charge on any atom is 0.0731 e. The monoisotopic (exact) mass is 318 g/mol. The molecule has 0 radical (unpaired) electrons. The molecule has 2 saturated carbocycles. The van der Waals surface area contributed by atoms with Gasteiger partial charge in [0.05, 0.1) is 9.16 Å². The minimum absolute atomic E-state index is 0.255. The molecule has 4 atom stereocenters. The topological polar surface area (TPSA) is 0 Å². The van der Waals surface area contributed by atoms with Crippen molar-refractivity contribution in [3.05, 3.63) is 20.3 Å². The molecule has 0 nitrogen and oxygen atoms in total. The molecule has 2 fully saturated rings. The Morgan fingerprint density at radius 1 is 1.44 bits per heavy atom. The second-order valence-electron chi connectivity index (χ2n) is 5.35. The van der Waals surface area contributed by atoms with Crippen LogP contribution in [0.2, 0.25) is 0 Å². The molecule has 3 heteroatoms. The largest absolute Gasteiger partial charge is 0.131 e. The van der Waals surface area contributed by atoms with Crippen molar-refractivity contribution in [3.63, 3.8) is 0 Å². The molecule has 0 spiro atoms. The van der Waals surface area contributed by atoms with Crippen molar-refractivity contribution in [1.29, 1.82) is 0 Å². The molecule has 0 aliphatic heterocycles. The fraction of sp³-hybridized carbons (Fsp3) is 0.692. The molecule has 0 aromatic carbocycles. The van der Waals surface area contributed by atoms with Crippen LogP contribution in [0.4, 0.5) is 0 Å². The zero-order chi connectivity index (χ0) is 11.3. The minimum Gasteiger partial charge on any atom is -0.131 e. The Labute approximate surface area is 115 Å². The van der Waals surface area contributed by atoms with Crippen LogP contribution in [0.5, 0.6) is 0 Å². The zero-order valence-corrected chi connectivity index (χ0v) is 12.5. The number of halogens is 2. The Hall–Kier alpha value is 0.470. The molecule has 2 aliphatic carbocycles. The lowest BCUT2D eigenvalue weighted by Gasteiger charge is -2.25. The third kappa shape index (κ3) is 1.87. The molecule has 1 aromatic rings. The lowest BCUT2D eigenvalue weighted by Crippen LogP contribution is -2.15. The molecule has 3 rings (SSSR count). The molecule has 4 unspecified atom stereocenters. The summed E-state index contributed by atoms with van der Waals surface area (Å²) in [5.41, 5.74) is 1.33. The average molecular weight is 320 g/mol. The van der Waals surface area contributed by atoms with Gasteiger partial charge in [0.2, 0.25) is 0 Å². The van der Waals surface area contributed by atoms with E-state index in [1.165, 1.54) is 39.9 Å². The Balaban J connectivity index is 1.80. The minimum atomic E-state index is 0.255. The maximum atomic E-state index is 6.68. The number of fused-ring (bicyclic) bond motifs is 2. The molecule has 1 heterocycles. The normalized spacial score (nSPS) is 34.6. The summed E-state index contributed by atoms with van der Waals surface area (Å²) in [5, 5.41) is 0.255. The molecule has 2 bridgehead atoms. The van der Waals surface area contributed by atoms with Crippen LogP contribution in [-0.4, -0.2) is 0 Å². The van der Waals surface area contributed by atoms with Crippen LogP contribution >= 0.6 is 38.9 Å². The van der Waals surface area contributed by atoms with Crippen LogP contribution in [0.1, 0.15) is 41.5 Å². The first-order valence-electron chi connectivity index (χ1n) is 6.05. The SMILES string of the molecule is Cc1cc(C(Cl)C2CC3CCC2C3)sc1Br. The van der Waals surface area contributed by atoms with Crippen LogP contribution in [0.25, 0.3) is 0 Å². The zero-order valence-electron chi connectivity index (χ0n) is 9.38. The fourth-order valence-electron chi connectivity index (χ4n) is 3.48. The number of rotatable bonds is 2. The number of thiophene rings is 1. The Kier molecular flexibility index (Phi) is 3.10. The van der Waals surface area contributed by atoms with E-state index in [-0.39, 0.29) is 5.38 Å². The molecular weight excluding hydrogens is 304 g/mol. The molecule has 0 amide bonds. The van der Waals surface area contributed by atoms with Crippen molar-refractivity contribution in [3.8, 4) is 0 Å². The summed E-state index contributed by atoms with van der Waals surface area (Å²) in [6.07, 6.45) is 5.69. The van der Waals surface area contributed by atoms with E-state index in [0.29, 0.717) is 0 Å². The smallest absolute Gasteiger partial charge is 0.0731 e. The molecule has 16 heavy (non-hydrogen) atoms. The van der Waals surface area contributed by atoms with Gasteiger partial charge in [-0.15, -0.1) is 22.9 Å². The fourth-order valence-corrected chi connectivity index (χ4v) is 5.61. The highest BCUT2D eigenvalue weighted by atomic mass is 79.9. The van der Waals surface area contributed by atoms with Gasteiger partial charge in [-0.3, -0.25) is 0 Å². The van der Waals surface area contributed by atoms with Crippen molar-refractivity contribution >= 4 is 38.9 Å². The predicted molar refractivity (Wildman–Crippen MR) is 74.3 cm³/mol. The van der Waals surface area contributed by atoms with Gasteiger partial charge in [-0.25, -0.2) is 0 Å². The van der Waals surface area contributed by atoms with Crippen LogP contribution < -0.4 is 0 Å². The summed E-state index contributed by atoms with van der Waals surface area (Å²) in [4.78, 5) is 1.36. The van der Waals surface area contributed by atoms with Gasteiger partial charge < -0.3 is 0 Å². The van der Waals surface area contributed by atoms with Gasteiger partial charge in [-0.2, -0.15) is 0 Å². The van der Waals surface area contributed by atoms with E-state index in [2.05, 4.69) is 28.9 Å². The highest BCUT2D eigenvalue weighted by molar-refractivity contribution is 9.11. The summed E-state index contributed by atoms with van der Waals surface area (Å²) in [7, 11) is 0. The van der Waals surface area contributed by atoms with E-state index in [1.807, 2.05) is 11.3 Å². The highest BCUT2D eigenvalue weighted by Gasteiger charge is 2.43. The highest BCUT2D eigenvalue weighted by Crippen LogP contribution is 2.55. The van der Waals surface area contributed by atoms with E-state index in [9.17, 15) is 0 Å². The number of hydrogen-bond donors (Lipinski definition) is 0. The number of hydrogen-bond acceptors (Lipinski definition) is 1. The first-order chi connectivity index (χ1) is 7.65. The van der Waals surface area contributed by atoms with Crippen LogP contribution in [0.3, 0.4) is 0 Å². The summed E-state index contributed by atoms with van der Waals surface area (Å²) < 4.78 is 1.25. The molecule has 2 aliphatic rings. The molecule has 1 aromatic heterocycles. The van der Waals surface area contributed by atoms with Gasteiger partial charge >= 0.3 is 0 Å². The van der Waals surface area contributed by atoms with Crippen molar-refractivity contribution in [2.45, 2.75) is 38.0 Å². The van der Waals surface area contributed by atoms with Crippen LogP contribution in [0.15, 0.2) is 9.85 Å². The summed E-state index contributed by atoms with van der Waals surface area (Å²) in [6.45, 7) is 2.15. The van der Waals surface area contributed by atoms with Gasteiger partial charge in [0.15, 0.2) is 0 Å². The van der Waals surface area contributed by atoms with Crippen LogP contribution in [0, 0.1) is 24.7 Å². The van der Waals surface area contributed by atoms with Crippen molar-refractivity contribution < 1.29 is 0 Å². The van der Waals surface area contributed by atoms with E-state index in [0.717, 1.165) is 17.8 Å². The Morgan fingerprint density at radius 3 is 2.75 bits per heavy atom. The van der Waals surface area contributed by atoms with Gasteiger partial charge in [0.25, 0.3) is 0 Å². The van der Waals surface area contributed by atoms with Gasteiger partial charge in [-0.1, -0.05) is 6.42 Å². The maximum absolute atomic E-state index is 6.68. The Bertz CT molecular complexity index is 381. The average Bonchev–Trinajstić information content (AvgIpc) is 2.94. The van der Waals surface area contributed by atoms with Crippen molar-refractivity contribution in [2.24, 2.45) is 17.8 Å². The lowest BCUT2D eigenvalue weighted by atomic mass is 9.85. The Morgan fingerprint density at radius 2 is 2.25 bits per heavy atom. The molecular formula is C13H16BrClS. The number of aryl methyl sites for hydroxylation is 1. The molecule has 0 saturated heterocycles. The summed E-state index contributed by atoms with van der Waals surface area (Å²) in [6, 6.07) is 2.26. The van der Waals surface area contributed by atoms with Crippen LogP contribution in [-0.2, 0) is 0 Å². The van der Waals surface area contributed by atoms with Crippen molar-refractivity contribution in [2.75, 3.05) is 0 Å². The summed E-state index contributed by atoms with van der Waals surface area (Å²) >= 11 is 12.1. The first kappa shape index (κ1) is 11.6. The molecule has 88 valence electrons. The number of alkyl halides is 1. The second kappa shape index (κ2) is 4.29. The van der Waals surface area contributed by atoms with Crippen molar-refractivity contribution in [1.82, 2.24) is 0 Å². The third-order valence-electron chi connectivity index (χ3n) is 4.32. The quantitative estimate of drug-likeness (QED) is 0.628. The standard InChI is InChI=1S/C13H16BrClS/c1-7-4-11(16-13(7)14)12(15)10-6-8-2-3-9(10)5-8/h4,8-10,12H,2-3,5-6H2,1H3. The van der Waals surface area contributed by atoms with Gasteiger partial charge in [0, 0.05) is 4.88 Å². The lowest BCUT2D eigenvalue weighted by molar-refractivity contribution is 0.325. The third-order valence-corrected chi connectivity index (χ3v) is 7.22. The summed E-state index contributed by atoms with van der Waals surface area (Å²) in [5.74, 6) is 2.64. The second-order valence-corrected chi connectivity index (χ2v) is 8.22.